The Hall–Kier alpha value is -2.10. The van der Waals surface area contributed by atoms with Gasteiger partial charge in [0.25, 0.3) is 0 Å². The highest BCUT2D eigenvalue weighted by atomic mass is 14.9. The quantitative estimate of drug-likeness (QED) is 0.518. The fourth-order valence-corrected chi connectivity index (χ4v) is 1.51. The van der Waals surface area contributed by atoms with Crippen LogP contribution in [0.15, 0.2) is 37.1 Å². The molecule has 4 nitrogen and oxygen atoms in total. The molecular weight excluding hydrogens is 236 g/mol. The van der Waals surface area contributed by atoms with Gasteiger partial charge in [-0.2, -0.15) is 0 Å². The molecule has 0 fully saturated rings. The second-order valence-electron chi connectivity index (χ2n) is 4.66. The van der Waals surface area contributed by atoms with Crippen LogP contribution in [-0.2, 0) is 0 Å². The van der Waals surface area contributed by atoms with Gasteiger partial charge in [-0.05, 0) is 24.5 Å². The van der Waals surface area contributed by atoms with E-state index in [1.54, 1.807) is 18.3 Å². The van der Waals surface area contributed by atoms with E-state index in [-0.39, 0.29) is 0 Å². The van der Waals surface area contributed by atoms with Gasteiger partial charge in [0, 0.05) is 5.69 Å². The van der Waals surface area contributed by atoms with Crippen LogP contribution in [0.2, 0.25) is 0 Å². The lowest BCUT2D eigenvalue weighted by molar-refractivity contribution is 0.824. The molecule has 1 heterocycles. The molecule has 19 heavy (non-hydrogen) atoms. The summed E-state index contributed by atoms with van der Waals surface area (Å²) in [5, 5.41) is 11.0. The number of rotatable bonds is 7. The van der Waals surface area contributed by atoms with Gasteiger partial charge in [0.05, 0.1) is 29.8 Å². The van der Waals surface area contributed by atoms with Crippen molar-refractivity contribution in [1.29, 1.82) is 5.41 Å². The first-order valence-corrected chi connectivity index (χ1v) is 6.38. The zero-order valence-corrected chi connectivity index (χ0v) is 11.6. The largest absolute Gasteiger partial charge is 0.396 e. The van der Waals surface area contributed by atoms with E-state index >= 15 is 0 Å². The van der Waals surface area contributed by atoms with Gasteiger partial charge in [-0.3, -0.25) is 4.98 Å². The van der Waals surface area contributed by atoms with Crippen LogP contribution >= 0.6 is 0 Å². The minimum absolute atomic E-state index is 0.355. The lowest BCUT2D eigenvalue weighted by Gasteiger charge is -2.11. The maximum Gasteiger partial charge on any atom is 0.0736 e. The second-order valence-corrected chi connectivity index (χ2v) is 4.66. The number of nitrogen functional groups attached to an aromatic ring is 1. The Morgan fingerprint density at radius 2 is 2.32 bits per heavy atom. The summed E-state index contributed by atoms with van der Waals surface area (Å²) < 4.78 is 0. The SMILES string of the molecule is C=CC/C=C\C(=N)CNc1cc(C(C)C)ncc1N. The average molecular weight is 258 g/mol. The van der Waals surface area contributed by atoms with Gasteiger partial charge in [0.15, 0.2) is 0 Å². The smallest absolute Gasteiger partial charge is 0.0736 e. The minimum Gasteiger partial charge on any atom is -0.396 e. The van der Waals surface area contributed by atoms with Crippen LogP contribution in [0.5, 0.6) is 0 Å². The molecule has 1 aromatic heterocycles. The second kappa shape index (κ2) is 7.36. The maximum absolute atomic E-state index is 7.78. The Balaban J connectivity index is 2.64. The number of hydrogen-bond donors (Lipinski definition) is 3. The van der Waals surface area contributed by atoms with E-state index in [4.69, 9.17) is 11.1 Å². The number of nitrogens with zero attached hydrogens (tertiary/aromatic N) is 1. The number of nitrogens with two attached hydrogens (primary N) is 1. The number of nitrogens with one attached hydrogen (secondary N) is 2. The van der Waals surface area contributed by atoms with Crippen molar-refractivity contribution in [1.82, 2.24) is 4.98 Å². The summed E-state index contributed by atoms with van der Waals surface area (Å²) in [6, 6.07) is 1.95. The summed E-state index contributed by atoms with van der Waals surface area (Å²) in [7, 11) is 0. The molecule has 0 aliphatic rings. The Morgan fingerprint density at radius 3 is 2.95 bits per heavy atom. The molecule has 102 valence electrons. The van der Waals surface area contributed by atoms with E-state index in [9.17, 15) is 0 Å². The summed E-state index contributed by atoms with van der Waals surface area (Å²) >= 11 is 0. The molecule has 1 aromatic rings. The predicted octanol–water partition coefficient (Wildman–Crippen LogP) is 3.35. The molecule has 4 heteroatoms. The Kier molecular flexibility index (Phi) is 5.79. The predicted molar refractivity (Wildman–Crippen MR) is 82.9 cm³/mol. The van der Waals surface area contributed by atoms with Crippen molar-refractivity contribution >= 4 is 17.1 Å². The lowest BCUT2D eigenvalue weighted by atomic mass is 10.1. The zero-order chi connectivity index (χ0) is 14.3. The monoisotopic (exact) mass is 258 g/mol. The molecular formula is C15H22N4. The molecule has 0 aliphatic heterocycles. The van der Waals surface area contributed by atoms with Crippen molar-refractivity contribution in [3.8, 4) is 0 Å². The van der Waals surface area contributed by atoms with Crippen molar-refractivity contribution in [2.24, 2.45) is 0 Å². The molecule has 0 saturated heterocycles. The average Bonchev–Trinajstić information content (AvgIpc) is 2.37. The summed E-state index contributed by atoms with van der Waals surface area (Å²) in [6.45, 7) is 8.24. The van der Waals surface area contributed by atoms with Gasteiger partial charge in [-0.15, -0.1) is 6.58 Å². The molecule has 1 rings (SSSR count). The third-order valence-electron chi connectivity index (χ3n) is 2.64. The van der Waals surface area contributed by atoms with E-state index in [1.807, 2.05) is 12.1 Å². The standard InChI is InChI=1S/C15H22N4/c1-4-5-6-7-12(16)9-18-15-8-14(11(2)3)19-10-13(15)17/h4,6-8,10-11,16H,1,5,9,17H2,2-3H3,(H,18,19)/b7-6-,16-12?. The van der Waals surface area contributed by atoms with E-state index in [0.29, 0.717) is 23.9 Å². The Morgan fingerprint density at radius 1 is 1.58 bits per heavy atom. The molecule has 0 saturated carbocycles. The molecule has 4 N–H and O–H groups in total. The summed E-state index contributed by atoms with van der Waals surface area (Å²) in [6.07, 6.45) is 7.92. The molecule has 0 amide bonds. The highest BCUT2D eigenvalue weighted by Gasteiger charge is 2.05. The minimum atomic E-state index is 0.355. The van der Waals surface area contributed by atoms with Crippen LogP contribution in [0.25, 0.3) is 0 Å². The summed E-state index contributed by atoms with van der Waals surface area (Å²) in [4.78, 5) is 4.28. The Labute approximate surface area is 114 Å². The van der Waals surface area contributed by atoms with Gasteiger partial charge in [0.2, 0.25) is 0 Å². The molecule has 0 bridgehead atoms. The van der Waals surface area contributed by atoms with Gasteiger partial charge in [0.1, 0.15) is 0 Å². The number of pyridine rings is 1. The van der Waals surface area contributed by atoms with Crippen LogP contribution in [0.3, 0.4) is 0 Å². The highest BCUT2D eigenvalue weighted by Crippen LogP contribution is 2.21. The highest BCUT2D eigenvalue weighted by molar-refractivity contribution is 5.95. The van der Waals surface area contributed by atoms with E-state index < -0.39 is 0 Å². The molecule has 0 radical (unpaired) electrons. The van der Waals surface area contributed by atoms with E-state index in [2.05, 4.69) is 30.7 Å². The van der Waals surface area contributed by atoms with Crippen LogP contribution in [-0.4, -0.2) is 17.2 Å². The van der Waals surface area contributed by atoms with Gasteiger partial charge in [-0.1, -0.05) is 26.0 Å². The molecule has 0 spiro atoms. The fourth-order valence-electron chi connectivity index (χ4n) is 1.51. The number of hydrogen-bond acceptors (Lipinski definition) is 4. The third-order valence-corrected chi connectivity index (χ3v) is 2.64. The normalized spacial score (nSPS) is 10.9. The van der Waals surface area contributed by atoms with Gasteiger partial charge in [-0.25, -0.2) is 0 Å². The van der Waals surface area contributed by atoms with Crippen molar-refractivity contribution in [3.63, 3.8) is 0 Å². The third kappa shape index (κ3) is 4.95. The molecule has 0 aliphatic carbocycles. The molecule has 0 aromatic carbocycles. The topological polar surface area (TPSA) is 74.8 Å². The van der Waals surface area contributed by atoms with Crippen molar-refractivity contribution < 1.29 is 0 Å². The number of aromatic nitrogens is 1. The zero-order valence-electron chi connectivity index (χ0n) is 11.6. The van der Waals surface area contributed by atoms with E-state index in [0.717, 1.165) is 17.8 Å². The molecule has 0 atom stereocenters. The summed E-state index contributed by atoms with van der Waals surface area (Å²) in [5.41, 5.74) is 8.80. The van der Waals surface area contributed by atoms with Crippen molar-refractivity contribution in [2.75, 3.05) is 17.6 Å². The van der Waals surface area contributed by atoms with Gasteiger partial charge < -0.3 is 16.5 Å². The maximum atomic E-state index is 7.78. The first-order valence-electron chi connectivity index (χ1n) is 6.38. The van der Waals surface area contributed by atoms with Crippen LogP contribution in [0.1, 0.15) is 31.9 Å². The number of allylic oxidation sites excluding steroid dienone is 2. The van der Waals surface area contributed by atoms with E-state index in [1.165, 1.54) is 0 Å². The van der Waals surface area contributed by atoms with Crippen LogP contribution in [0, 0.1) is 5.41 Å². The lowest BCUT2D eigenvalue weighted by Crippen LogP contribution is -2.12. The van der Waals surface area contributed by atoms with Crippen LogP contribution < -0.4 is 11.1 Å². The first-order chi connectivity index (χ1) is 9.04. The number of anilines is 2. The Bertz CT molecular complexity index is 475. The van der Waals surface area contributed by atoms with Crippen molar-refractivity contribution in [3.05, 3.63) is 42.8 Å². The molecule has 0 unspecified atom stereocenters. The summed E-state index contributed by atoms with van der Waals surface area (Å²) in [5.74, 6) is 0.355. The first kappa shape index (κ1) is 15.0. The van der Waals surface area contributed by atoms with Gasteiger partial charge >= 0.3 is 0 Å². The fraction of sp³-hybridized carbons (Fsp3) is 0.333. The van der Waals surface area contributed by atoms with Crippen molar-refractivity contribution in [2.45, 2.75) is 26.2 Å². The van der Waals surface area contributed by atoms with Crippen LogP contribution in [0.4, 0.5) is 11.4 Å².